The number of H-pyrrole nitrogens is 1. The second-order valence-electron chi connectivity index (χ2n) is 8.42. The molecule has 0 radical (unpaired) electrons. The van der Waals surface area contributed by atoms with E-state index in [0.29, 0.717) is 18.2 Å². The molecule has 4 rings (SSSR count). The van der Waals surface area contributed by atoms with E-state index in [1.54, 1.807) is 24.1 Å². The van der Waals surface area contributed by atoms with Gasteiger partial charge in [0.2, 0.25) is 5.51 Å². The Morgan fingerprint density at radius 2 is 1.94 bits per heavy atom. The van der Waals surface area contributed by atoms with E-state index in [1.807, 2.05) is 0 Å². The first-order chi connectivity index (χ1) is 16.0. The van der Waals surface area contributed by atoms with E-state index in [2.05, 4.69) is 19.4 Å². The molecule has 178 valence electrons. The van der Waals surface area contributed by atoms with E-state index in [4.69, 9.17) is 10.4 Å². The molecule has 1 aromatic carbocycles. The Balaban J connectivity index is 1.45. The fraction of sp³-hybridized carbons (Fsp3) is 0.500. The van der Waals surface area contributed by atoms with Gasteiger partial charge in [0.05, 0.1) is 5.56 Å². The van der Waals surface area contributed by atoms with Gasteiger partial charge in [0.25, 0.3) is 5.56 Å². The van der Waals surface area contributed by atoms with Gasteiger partial charge in [0.1, 0.15) is 11.6 Å². The van der Waals surface area contributed by atoms with E-state index >= 15 is 0 Å². The van der Waals surface area contributed by atoms with Crippen LogP contribution in [0.5, 0.6) is 5.75 Å². The zero-order valence-corrected chi connectivity index (χ0v) is 19.0. The van der Waals surface area contributed by atoms with Crippen LogP contribution >= 0.6 is 11.9 Å². The minimum Gasteiger partial charge on any atom is -0.367 e. The number of nitrogens with zero attached hydrogens (tertiary/aromatic N) is 3. The zero-order valence-electron chi connectivity index (χ0n) is 18.2. The smallest absolute Gasteiger partial charge is 0.261 e. The molecule has 1 aliphatic carbocycles. The van der Waals surface area contributed by atoms with E-state index in [0.717, 1.165) is 56.2 Å². The fourth-order valence-corrected chi connectivity index (χ4v) is 5.45. The lowest BCUT2D eigenvalue weighted by Gasteiger charge is -2.31. The SMILES string of the molecule is N=Cc1c(NC2CCCCC2)nc(C2CCCN(Sc3ccc(ON(F)F)cc3)C2)[nH]c1=O. The summed E-state index contributed by atoms with van der Waals surface area (Å²) in [7, 11) is 0. The van der Waals surface area contributed by atoms with Crippen molar-refractivity contribution in [1.82, 2.24) is 19.8 Å². The molecule has 2 aromatic rings. The third-order valence-corrected chi connectivity index (χ3v) is 7.14. The Bertz CT molecular complexity index is 997. The summed E-state index contributed by atoms with van der Waals surface area (Å²) in [5.74, 6) is 1.27. The predicted octanol–water partition coefficient (Wildman–Crippen LogP) is 4.76. The summed E-state index contributed by atoms with van der Waals surface area (Å²) in [5, 5.41) is 11.1. The van der Waals surface area contributed by atoms with E-state index in [1.165, 1.54) is 18.6 Å². The minimum atomic E-state index is -1.33. The molecule has 1 unspecified atom stereocenters. The van der Waals surface area contributed by atoms with Crippen LogP contribution in [0.15, 0.2) is 34.0 Å². The van der Waals surface area contributed by atoms with Crippen molar-refractivity contribution < 1.29 is 13.8 Å². The van der Waals surface area contributed by atoms with Gasteiger partial charge in [-0.15, -0.1) is 0 Å². The molecule has 2 fully saturated rings. The van der Waals surface area contributed by atoms with Crippen molar-refractivity contribution in [3.8, 4) is 5.75 Å². The fourth-order valence-electron chi connectivity index (χ4n) is 4.42. The Labute approximate surface area is 195 Å². The summed E-state index contributed by atoms with van der Waals surface area (Å²) in [6.45, 7) is 1.57. The van der Waals surface area contributed by atoms with Gasteiger partial charge >= 0.3 is 0 Å². The van der Waals surface area contributed by atoms with Crippen molar-refractivity contribution in [2.75, 3.05) is 18.4 Å². The van der Waals surface area contributed by atoms with Crippen LogP contribution in [0.1, 0.15) is 62.3 Å². The van der Waals surface area contributed by atoms with Gasteiger partial charge in [0.15, 0.2) is 5.75 Å². The van der Waals surface area contributed by atoms with Crippen molar-refractivity contribution in [1.29, 1.82) is 5.41 Å². The van der Waals surface area contributed by atoms with Crippen LogP contribution in [0.4, 0.5) is 14.8 Å². The van der Waals surface area contributed by atoms with Gasteiger partial charge in [0, 0.05) is 36.2 Å². The highest BCUT2D eigenvalue weighted by atomic mass is 32.2. The number of halogens is 2. The summed E-state index contributed by atoms with van der Waals surface area (Å²) >= 11 is 1.54. The topological polar surface area (TPSA) is 97.3 Å². The van der Waals surface area contributed by atoms with Crippen molar-refractivity contribution in [3.05, 3.63) is 46.0 Å². The van der Waals surface area contributed by atoms with Gasteiger partial charge in [-0.2, -0.15) is 0 Å². The van der Waals surface area contributed by atoms with Crippen LogP contribution in [0.25, 0.3) is 0 Å². The Morgan fingerprint density at radius 3 is 2.64 bits per heavy atom. The standard InChI is InChI=1S/C22H28F2N6O2S/c23-30(24)32-17-8-10-18(11-9-17)33-29-12-4-5-15(14-29)20-27-21(19(13-25)22(31)28-20)26-16-6-2-1-3-7-16/h8-11,13,15-16,25H,1-7,12,14H2,(H2,26,27,28,31). The number of hydrogen-bond acceptors (Lipinski definition) is 8. The molecule has 2 heterocycles. The van der Waals surface area contributed by atoms with Crippen LogP contribution in [0.2, 0.25) is 0 Å². The van der Waals surface area contributed by atoms with Gasteiger partial charge in [-0.05, 0) is 61.9 Å². The number of hydrogen-bond donors (Lipinski definition) is 3. The highest BCUT2D eigenvalue weighted by Crippen LogP contribution is 2.33. The summed E-state index contributed by atoms with van der Waals surface area (Å²) in [6.07, 6.45) is 8.58. The molecule has 1 atom stereocenters. The number of piperidine rings is 1. The van der Waals surface area contributed by atoms with Crippen LogP contribution in [-0.2, 0) is 0 Å². The lowest BCUT2D eigenvalue weighted by Crippen LogP contribution is -2.32. The average molecular weight is 479 g/mol. The van der Waals surface area contributed by atoms with Gasteiger partial charge in [-0.3, -0.25) is 4.79 Å². The second kappa shape index (κ2) is 11.1. The van der Waals surface area contributed by atoms with Crippen molar-refractivity contribution >= 4 is 24.0 Å². The molecule has 0 bridgehead atoms. The Kier molecular flexibility index (Phi) is 7.94. The normalized spacial score (nSPS) is 20.0. The lowest BCUT2D eigenvalue weighted by atomic mass is 9.95. The molecule has 33 heavy (non-hydrogen) atoms. The van der Waals surface area contributed by atoms with Crippen LogP contribution < -0.4 is 15.7 Å². The largest absolute Gasteiger partial charge is 0.367 e. The van der Waals surface area contributed by atoms with Gasteiger partial charge in [-0.1, -0.05) is 28.2 Å². The number of benzene rings is 1. The highest BCUT2D eigenvalue weighted by molar-refractivity contribution is 7.97. The van der Waals surface area contributed by atoms with Crippen LogP contribution in [-0.4, -0.2) is 45.1 Å². The molecule has 1 saturated heterocycles. The lowest BCUT2D eigenvalue weighted by molar-refractivity contribution is -0.337. The molecule has 0 spiro atoms. The molecular weight excluding hydrogens is 450 g/mol. The number of anilines is 1. The summed E-state index contributed by atoms with van der Waals surface area (Å²) in [6, 6.07) is 6.74. The maximum Gasteiger partial charge on any atom is 0.261 e. The zero-order chi connectivity index (χ0) is 23.2. The van der Waals surface area contributed by atoms with Crippen LogP contribution in [0.3, 0.4) is 0 Å². The molecule has 3 N–H and O–H groups in total. The predicted molar refractivity (Wildman–Crippen MR) is 124 cm³/mol. The number of aromatic nitrogens is 2. The maximum absolute atomic E-state index is 12.7. The van der Waals surface area contributed by atoms with Crippen molar-refractivity contribution in [3.63, 3.8) is 0 Å². The van der Waals surface area contributed by atoms with Gasteiger partial charge < -0.3 is 20.5 Å². The maximum atomic E-state index is 12.7. The second-order valence-corrected chi connectivity index (χ2v) is 9.59. The van der Waals surface area contributed by atoms with Crippen LogP contribution in [0, 0.1) is 5.41 Å². The molecule has 0 amide bonds. The quantitative estimate of drug-likeness (QED) is 0.218. The Morgan fingerprint density at radius 1 is 1.18 bits per heavy atom. The summed E-state index contributed by atoms with van der Waals surface area (Å²) in [5.41, 5.74) is -1.34. The summed E-state index contributed by atoms with van der Waals surface area (Å²) < 4.78 is 26.6. The molecule has 8 nitrogen and oxygen atoms in total. The van der Waals surface area contributed by atoms with Gasteiger partial charge in [-0.25, -0.2) is 9.29 Å². The first-order valence-corrected chi connectivity index (χ1v) is 12.0. The number of nitrogens with one attached hydrogen (secondary N) is 3. The first kappa shape index (κ1) is 23.7. The highest BCUT2D eigenvalue weighted by Gasteiger charge is 2.26. The average Bonchev–Trinajstić information content (AvgIpc) is 2.81. The molecular formula is C22H28F2N6O2S. The number of aromatic amines is 1. The third-order valence-electron chi connectivity index (χ3n) is 6.07. The van der Waals surface area contributed by atoms with Crippen molar-refractivity contribution in [2.24, 2.45) is 0 Å². The monoisotopic (exact) mass is 478 g/mol. The van der Waals surface area contributed by atoms with E-state index in [-0.39, 0.29) is 28.8 Å². The molecule has 1 saturated carbocycles. The molecule has 2 aliphatic rings. The first-order valence-electron chi connectivity index (χ1n) is 11.3. The third kappa shape index (κ3) is 6.30. The molecule has 11 heteroatoms. The van der Waals surface area contributed by atoms with E-state index < -0.39 is 5.51 Å². The summed E-state index contributed by atoms with van der Waals surface area (Å²) in [4.78, 5) is 25.5. The minimum absolute atomic E-state index is 0.0554. The molecule has 1 aliphatic heterocycles. The van der Waals surface area contributed by atoms with Crippen molar-refractivity contribution in [2.45, 2.75) is 61.8 Å². The molecule has 1 aromatic heterocycles. The van der Waals surface area contributed by atoms with E-state index in [9.17, 15) is 13.8 Å². The Hall–Kier alpha value is -2.50. The number of rotatable bonds is 8.